The summed E-state index contributed by atoms with van der Waals surface area (Å²) in [5.41, 5.74) is 0. The second-order valence-electron chi connectivity index (χ2n) is 3.30. The number of rotatable bonds is 1. The average molecular weight is 253 g/mol. The first-order chi connectivity index (χ1) is 4.70. The van der Waals surface area contributed by atoms with Crippen molar-refractivity contribution < 1.29 is 0 Å². The largest absolute Gasteiger partial charge is 0.301 e. The Hall–Kier alpha value is 0.690. The van der Waals surface area contributed by atoms with Crippen LogP contribution in [0, 0.1) is 0 Å². The van der Waals surface area contributed by atoms with Gasteiger partial charge in [-0.25, -0.2) is 0 Å². The Balaban J connectivity index is 2.26. The Bertz CT molecular complexity index is 95.4. The molecule has 0 aromatic rings. The minimum atomic E-state index is 0.754. The zero-order valence-electron chi connectivity index (χ0n) is 6.81. The highest BCUT2D eigenvalue weighted by atomic mass is 127. The van der Waals surface area contributed by atoms with Gasteiger partial charge in [-0.3, -0.25) is 0 Å². The van der Waals surface area contributed by atoms with E-state index in [1.165, 1.54) is 25.9 Å². The van der Waals surface area contributed by atoms with E-state index in [1.807, 2.05) is 0 Å². The number of piperidine rings is 1. The Kier molecular flexibility index (Phi) is 3.43. The quantitative estimate of drug-likeness (QED) is 0.512. The molecule has 0 saturated carbocycles. The first-order valence-corrected chi connectivity index (χ1v) is 5.33. The Morgan fingerprint density at radius 1 is 1.30 bits per heavy atom. The Morgan fingerprint density at radius 2 is 1.80 bits per heavy atom. The fourth-order valence-corrected chi connectivity index (χ4v) is 1.94. The number of halogens is 1. The second kappa shape index (κ2) is 3.90. The zero-order chi connectivity index (χ0) is 7.56. The van der Waals surface area contributed by atoms with Gasteiger partial charge in [0, 0.05) is 9.97 Å². The third-order valence-electron chi connectivity index (χ3n) is 2.19. The van der Waals surface area contributed by atoms with Crippen molar-refractivity contribution in [2.24, 2.45) is 0 Å². The highest BCUT2D eigenvalue weighted by Crippen LogP contribution is 2.18. The van der Waals surface area contributed by atoms with Gasteiger partial charge in [0.05, 0.1) is 0 Å². The second-order valence-corrected chi connectivity index (χ2v) is 5.07. The highest BCUT2D eigenvalue weighted by Gasteiger charge is 2.17. The van der Waals surface area contributed by atoms with Crippen molar-refractivity contribution >= 4 is 22.6 Å². The molecule has 1 saturated heterocycles. The average Bonchev–Trinajstić information content (AvgIpc) is 1.88. The van der Waals surface area contributed by atoms with Gasteiger partial charge in [-0.15, -0.1) is 0 Å². The third kappa shape index (κ3) is 2.38. The monoisotopic (exact) mass is 253 g/mol. The molecule has 10 heavy (non-hydrogen) atoms. The van der Waals surface area contributed by atoms with Crippen molar-refractivity contribution in [1.29, 1.82) is 0 Å². The molecule has 0 atom stereocenters. The van der Waals surface area contributed by atoms with E-state index in [2.05, 4.69) is 41.3 Å². The van der Waals surface area contributed by atoms with Gasteiger partial charge in [0.25, 0.3) is 0 Å². The van der Waals surface area contributed by atoms with Gasteiger partial charge >= 0.3 is 0 Å². The molecule has 1 rings (SSSR count). The molecule has 60 valence electrons. The van der Waals surface area contributed by atoms with Crippen LogP contribution in [0.1, 0.15) is 26.7 Å². The molecule has 1 heterocycles. The molecule has 2 heteroatoms. The van der Waals surface area contributed by atoms with Crippen LogP contribution in [0.2, 0.25) is 0 Å². The van der Waals surface area contributed by atoms with Crippen LogP contribution in [0.5, 0.6) is 0 Å². The predicted octanol–water partition coefficient (Wildman–Crippen LogP) is 2.29. The summed E-state index contributed by atoms with van der Waals surface area (Å²) in [5, 5.41) is 0. The first-order valence-electron chi connectivity index (χ1n) is 4.08. The van der Waals surface area contributed by atoms with Crippen molar-refractivity contribution in [3.8, 4) is 0 Å². The molecule has 0 unspecified atom stereocenters. The molecular formula is C8H16IN. The number of nitrogens with zero attached hydrogens (tertiary/aromatic N) is 1. The van der Waals surface area contributed by atoms with E-state index in [-0.39, 0.29) is 0 Å². The fourth-order valence-electron chi connectivity index (χ4n) is 1.38. The Labute approximate surface area is 77.3 Å². The van der Waals surface area contributed by atoms with Gasteiger partial charge in [-0.2, -0.15) is 0 Å². The summed E-state index contributed by atoms with van der Waals surface area (Å²) in [6.45, 7) is 7.19. The molecule has 1 aliphatic rings. The number of likely N-dealkylation sites (tertiary alicyclic amines) is 1. The standard InChI is InChI=1S/C8H16IN/c1-7(2)10-5-3-8(9)4-6-10/h7-8H,3-6H2,1-2H3. The molecule has 0 radical (unpaired) electrons. The number of hydrogen-bond donors (Lipinski definition) is 0. The summed E-state index contributed by atoms with van der Waals surface area (Å²) < 4.78 is 0.938. The Morgan fingerprint density at radius 3 is 2.20 bits per heavy atom. The van der Waals surface area contributed by atoms with Crippen molar-refractivity contribution in [2.75, 3.05) is 13.1 Å². The molecule has 0 aromatic heterocycles. The molecule has 0 aromatic carbocycles. The third-order valence-corrected chi connectivity index (χ3v) is 3.44. The van der Waals surface area contributed by atoms with Gasteiger partial charge in [0.2, 0.25) is 0 Å². The molecule has 0 amide bonds. The van der Waals surface area contributed by atoms with E-state index in [4.69, 9.17) is 0 Å². The summed E-state index contributed by atoms with van der Waals surface area (Å²) in [7, 11) is 0. The lowest BCUT2D eigenvalue weighted by Gasteiger charge is -2.32. The molecule has 0 bridgehead atoms. The van der Waals surface area contributed by atoms with E-state index >= 15 is 0 Å². The maximum absolute atomic E-state index is 2.56. The normalized spacial score (nSPS) is 24.0. The highest BCUT2D eigenvalue weighted by molar-refractivity contribution is 14.1. The summed E-state index contributed by atoms with van der Waals surface area (Å²) in [6, 6.07) is 0.754. The lowest BCUT2D eigenvalue weighted by atomic mass is 10.1. The molecule has 0 N–H and O–H groups in total. The summed E-state index contributed by atoms with van der Waals surface area (Å²) in [6.07, 6.45) is 2.78. The SMILES string of the molecule is CC(C)N1CCC(I)CC1. The topological polar surface area (TPSA) is 3.24 Å². The smallest absolute Gasteiger partial charge is 0.0134 e. The number of alkyl halides is 1. The van der Waals surface area contributed by atoms with Crippen molar-refractivity contribution in [3.05, 3.63) is 0 Å². The van der Waals surface area contributed by atoms with Crippen molar-refractivity contribution in [2.45, 2.75) is 36.7 Å². The van der Waals surface area contributed by atoms with Crippen LogP contribution in [-0.2, 0) is 0 Å². The lowest BCUT2D eigenvalue weighted by molar-refractivity contribution is 0.191. The van der Waals surface area contributed by atoms with E-state index in [0.29, 0.717) is 0 Å². The van der Waals surface area contributed by atoms with E-state index in [9.17, 15) is 0 Å². The van der Waals surface area contributed by atoms with Crippen LogP contribution < -0.4 is 0 Å². The number of hydrogen-bond acceptors (Lipinski definition) is 1. The van der Waals surface area contributed by atoms with Crippen LogP contribution >= 0.6 is 22.6 Å². The minimum Gasteiger partial charge on any atom is -0.301 e. The van der Waals surface area contributed by atoms with Crippen LogP contribution in [0.3, 0.4) is 0 Å². The fraction of sp³-hybridized carbons (Fsp3) is 1.00. The molecule has 0 aliphatic carbocycles. The minimum absolute atomic E-state index is 0.754. The zero-order valence-corrected chi connectivity index (χ0v) is 8.97. The van der Waals surface area contributed by atoms with Crippen LogP contribution in [0.4, 0.5) is 0 Å². The van der Waals surface area contributed by atoms with Gasteiger partial charge < -0.3 is 4.90 Å². The maximum atomic E-state index is 2.56. The molecule has 1 aliphatic heterocycles. The summed E-state index contributed by atoms with van der Waals surface area (Å²) in [4.78, 5) is 2.56. The predicted molar refractivity (Wildman–Crippen MR) is 53.8 cm³/mol. The van der Waals surface area contributed by atoms with E-state index in [1.54, 1.807) is 0 Å². The molecular weight excluding hydrogens is 237 g/mol. The van der Waals surface area contributed by atoms with E-state index in [0.717, 1.165) is 9.97 Å². The van der Waals surface area contributed by atoms with Gasteiger partial charge in [-0.05, 0) is 39.8 Å². The van der Waals surface area contributed by atoms with Crippen molar-refractivity contribution in [3.63, 3.8) is 0 Å². The van der Waals surface area contributed by atoms with Crippen LogP contribution in [-0.4, -0.2) is 28.0 Å². The van der Waals surface area contributed by atoms with Gasteiger partial charge in [0.1, 0.15) is 0 Å². The van der Waals surface area contributed by atoms with Gasteiger partial charge in [-0.1, -0.05) is 22.6 Å². The van der Waals surface area contributed by atoms with E-state index < -0.39 is 0 Å². The summed E-state index contributed by atoms with van der Waals surface area (Å²) >= 11 is 2.56. The van der Waals surface area contributed by atoms with Crippen LogP contribution in [0.15, 0.2) is 0 Å². The van der Waals surface area contributed by atoms with Crippen molar-refractivity contribution in [1.82, 2.24) is 4.90 Å². The lowest BCUT2D eigenvalue weighted by Crippen LogP contribution is -2.38. The van der Waals surface area contributed by atoms with Crippen LogP contribution in [0.25, 0.3) is 0 Å². The van der Waals surface area contributed by atoms with Gasteiger partial charge in [0.15, 0.2) is 0 Å². The maximum Gasteiger partial charge on any atom is 0.0134 e. The molecule has 0 spiro atoms. The first kappa shape index (κ1) is 8.78. The molecule has 1 nitrogen and oxygen atoms in total. The molecule has 1 fully saturated rings. The summed E-state index contributed by atoms with van der Waals surface area (Å²) in [5.74, 6) is 0.